The van der Waals surface area contributed by atoms with E-state index < -0.39 is 65.2 Å². The average Bonchev–Trinajstić information content (AvgIpc) is 3.06. The van der Waals surface area contributed by atoms with Crippen molar-refractivity contribution in [2.45, 2.75) is 37.6 Å². The molecule has 0 aromatic heterocycles. The number of aliphatic hydroxyl groups excluding tert-OH is 2. The van der Waals surface area contributed by atoms with E-state index in [1.54, 1.807) is 37.4 Å². The Kier molecular flexibility index (Phi) is 10.5. The minimum Gasteiger partial charge on any atom is -0.508 e. The molecular weight excluding hydrogens is 627 g/mol. The smallest absolute Gasteiger partial charge is 0.261 e. The Bertz CT molecular complexity index is 1710. The first kappa shape index (κ1) is 33.9. The first-order valence-electron chi connectivity index (χ1n) is 14.5. The van der Waals surface area contributed by atoms with Crippen LogP contribution in [0.15, 0.2) is 72.8 Å². The number of halogens is 5. The van der Waals surface area contributed by atoms with Gasteiger partial charge in [0.25, 0.3) is 5.91 Å². The third kappa shape index (κ3) is 7.77. The van der Waals surface area contributed by atoms with Crippen LogP contribution < -0.4 is 5.32 Å². The van der Waals surface area contributed by atoms with Crippen molar-refractivity contribution in [3.63, 3.8) is 0 Å². The summed E-state index contributed by atoms with van der Waals surface area (Å²) in [5.74, 6) is -12.9. The van der Waals surface area contributed by atoms with Gasteiger partial charge in [0.2, 0.25) is 5.82 Å². The number of benzene rings is 4. The number of carbonyl (C=O) groups excluding carboxylic acids is 1. The standard InChI is InChI=1S/C34H31F5N2O6/c1-41(16-25(44)20-4-3-7-23(43)13-20)15-24-14-26(19-10-8-18(17-42)9-11-19)47-34(46-24)21-5-2-6-22(12-21)40-33(45)27-28(35)30(37)32(39)31(38)29(27)36/h2-13,24-26,34,42-44H,14-17H2,1H3,(H,40,45). The fourth-order valence-corrected chi connectivity index (χ4v) is 5.35. The zero-order chi connectivity index (χ0) is 33.8. The summed E-state index contributed by atoms with van der Waals surface area (Å²) in [7, 11) is 1.79. The quantitative estimate of drug-likeness (QED) is 0.0934. The topological polar surface area (TPSA) is 111 Å². The molecule has 1 aliphatic heterocycles. The number of likely N-dealkylation sites (N-methyl/N-ethyl adjacent to an activating group) is 1. The molecule has 4 aromatic rings. The van der Waals surface area contributed by atoms with Gasteiger partial charge in [-0.2, -0.15) is 0 Å². The molecule has 4 aromatic carbocycles. The molecule has 4 unspecified atom stereocenters. The lowest BCUT2D eigenvalue weighted by Crippen LogP contribution is -2.39. The molecule has 0 bridgehead atoms. The number of carbonyl (C=O) groups is 1. The predicted octanol–water partition coefficient (Wildman–Crippen LogP) is 6.04. The molecule has 1 heterocycles. The van der Waals surface area contributed by atoms with Crippen molar-refractivity contribution in [2.24, 2.45) is 0 Å². The molecule has 1 fully saturated rings. The van der Waals surface area contributed by atoms with Crippen LogP contribution in [0.2, 0.25) is 0 Å². The molecule has 4 atom stereocenters. The van der Waals surface area contributed by atoms with Gasteiger partial charge in [-0.1, -0.05) is 48.5 Å². The molecule has 47 heavy (non-hydrogen) atoms. The van der Waals surface area contributed by atoms with E-state index in [2.05, 4.69) is 5.32 Å². The van der Waals surface area contributed by atoms with E-state index >= 15 is 0 Å². The van der Waals surface area contributed by atoms with Gasteiger partial charge < -0.3 is 35.0 Å². The molecule has 5 rings (SSSR count). The maximum Gasteiger partial charge on any atom is 0.261 e. The average molecular weight is 659 g/mol. The summed E-state index contributed by atoms with van der Waals surface area (Å²) in [5, 5.41) is 32.1. The van der Waals surface area contributed by atoms with Crippen LogP contribution in [0.4, 0.5) is 27.6 Å². The van der Waals surface area contributed by atoms with Crippen molar-refractivity contribution in [1.29, 1.82) is 0 Å². The Hall–Kier alpha value is -4.40. The summed E-state index contributed by atoms with van der Waals surface area (Å²) < 4.78 is 82.0. The van der Waals surface area contributed by atoms with Gasteiger partial charge in [0, 0.05) is 30.8 Å². The number of amides is 1. The van der Waals surface area contributed by atoms with Gasteiger partial charge in [0.05, 0.1) is 24.9 Å². The van der Waals surface area contributed by atoms with Crippen LogP contribution in [0, 0.1) is 29.1 Å². The predicted molar refractivity (Wildman–Crippen MR) is 160 cm³/mol. The SMILES string of the molecule is CN(CC1CC(c2ccc(CO)cc2)OC(c2cccc(NC(=O)c3c(F)c(F)c(F)c(F)c3F)c2)O1)CC(O)c1cccc(O)c1. The van der Waals surface area contributed by atoms with Crippen LogP contribution in [0.1, 0.15) is 57.5 Å². The summed E-state index contributed by atoms with van der Waals surface area (Å²) in [4.78, 5) is 14.5. The van der Waals surface area contributed by atoms with Crippen molar-refractivity contribution in [1.82, 2.24) is 4.90 Å². The highest BCUT2D eigenvalue weighted by atomic mass is 19.2. The second kappa shape index (κ2) is 14.6. The van der Waals surface area contributed by atoms with Crippen molar-refractivity contribution in [3.05, 3.63) is 130 Å². The number of phenols is 1. The molecular formula is C34H31F5N2O6. The van der Waals surface area contributed by atoms with Gasteiger partial charge in [-0.25, -0.2) is 22.0 Å². The number of anilines is 1. The number of aliphatic hydroxyl groups is 2. The maximum absolute atomic E-state index is 14.3. The normalized spacial score (nSPS) is 18.7. The molecule has 0 spiro atoms. The summed E-state index contributed by atoms with van der Waals surface area (Å²) in [5.41, 5.74) is 0.754. The van der Waals surface area contributed by atoms with Crippen molar-refractivity contribution in [3.8, 4) is 5.75 Å². The minimum atomic E-state index is -2.38. The molecule has 0 radical (unpaired) electrons. The number of phenolic OH excluding ortho intramolecular Hbond substituents is 1. The highest BCUT2D eigenvalue weighted by molar-refractivity contribution is 6.04. The number of nitrogens with zero attached hydrogens (tertiary/aromatic N) is 1. The van der Waals surface area contributed by atoms with Crippen LogP contribution >= 0.6 is 0 Å². The molecule has 0 saturated carbocycles. The molecule has 1 saturated heterocycles. The highest BCUT2D eigenvalue weighted by Crippen LogP contribution is 2.39. The molecule has 1 amide bonds. The van der Waals surface area contributed by atoms with Crippen LogP contribution in [0.25, 0.3) is 0 Å². The zero-order valence-electron chi connectivity index (χ0n) is 25.0. The number of hydrogen-bond acceptors (Lipinski definition) is 7. The Morgan fingerprint density at radius 3 is 2.21 bits per heavy atom. The molecule has 0 aliphatic carbocycles. The third-order valence-corrected chi connectivity index (χ3v) is 7.72. The maximum atomic E-state index is 14.3. The van der Waals surface area contributed by atoms with Gasteiger partial charge in [0.15, 0.2) is 29.6 Å². The fraction of sp³-hybridized carbons (Fsp3) is 0.265. The van der Waals surface area contributed by atoms with Crippen LogP contribution in [0.3, 0.4) is 0 Å². The van der Waals surface area contributed by atoms with Gasteiger partial charge in [0.1, 0.15) is 11.3 Å². The highest BCUT2D eigenvalue weighted by Gasteiger charge is 2.34. The molecule has 13 heteroatoms. The Labute approximate surface area is 266 Å². The number of ether oxygens (including phenoxy) is 2. The van der Waals surface area contributed by atoms with Crippen LogP contribution in [-0.2, 0) is 16.1 Å². The summed E-state index contributed by atoms with van der Waals surface area (Å²) in [6, 6.07) is 19.3. The van der Waals surface area contributed by atoms with E-state index in [0.717, 1.165) is 5.56 Å². The van der Waals surface area contributed by atoms with Crippen molar-refractivity contribution >= 4 is 11.6 Å². The minimum absolute atomic E-state index is 0.0269. The van der Waals surface area contributed by atoms with Gasteiger partial charge >= 0.3 is 0 Å². The Morgan fingerprint density at radius 2 is 1.55 bits per heavy atom. The zero-order valence-corrected chi connectivity index (χ0v) is 25.0. The summed E-state index contributed by atoms with van der Waals surface area (Å²) in [6.07, 6.45) is -2.47. The number of rotatable bonds is 10. The summed E-state index contributed by atoms with van der Waals surface area (Å²) >= 11 is 0. The Morgan fingerprint density at radius 1 is 0.894 bits per heavy atom. The lowest BCUT2D eigenvalue weighted by Gasteiger charge is -2.38. The van der Waals surface area contributed by atoms with E-state index in [1.807, 2.05) is 17.0 Å². The second-order valence-electron chi connectivity index (χ2n) is 11.2. The van der Waals surface area contributed by atoms with E-state index in [-0.39, 0.29) is 24.6 Å². The summed E-state index contributed by atoms with van der Waals surface area (Å²) in [6.45, 7) is 0.414. The van der Waals surface area contributed by atoms with Gasteiger partial charge in [-0.15, -0.1) is 0 Å². The molecule has 248 valence electrons. The second-order valence-corrected chi connectivity index (χ2v) is 11.2. The van der Waals surface area contributed by atoms with E-state index in [9.17, 15) is 42.1 Å². The first-order chi connectivity index (χ1) is 22.4. The van der Waals surface area contributed by atoms with E-state index in [4.69, 9.17) is 9.47 Å². The lowest BCUT2D eigenvalue weighted by atomic mass is 9.99. The van der Waals surface area contributed by atoms with Crippen molar-refractivity contribution < 1.29 is 51.5 Å². The molecule has 1 aliphatic rings. The third-order valence-electron chi connectivity index (χ3n) is 7.72. The fourth-order valence-electron chi connectivity index (χ4n) is 5.35. The van der Waals surface area contributed by atoms with E-state index in [1.165, 1.54) is 30.3 Å². The van der Waals surface area contributed by atoms with Crippen LogP contribution in [0.5, 0.6) is 5.75 Å². The van der Waals surface area contributed by atoms with Crippen LogP contribution in [-0.4, -0.2) is 52.4 Å². The van der Waals surface area contributed by atoms with Gasteiger partial charge in [-0.05, 0) is 48.0 Å². The lowest BCUT2D eigenvalue weighted by molar-refractivity contribution is -0.252. The Balaban J connectivity index is 1.36. The molecule has 8 nitrogen and oxygen atoms in total. The van der Waals surface area contributed by atoms with Gasteiger partial charge in [-0.3, -0.25) is 4.79 Å². The van der Waals surface area contributed by atoms with E-state index in [0.29, 0.717) is 29.7 Å². The molecule has 4 N–H and O–H groups in total. The number of nitrogens with one attached hydrogen (secondary N) is 1. The first-order valence-corrected chi connectivity index (χ1v) is 14.5. The van der Waals surface area contributed by atoms with Crippen molar-refractivity contribution in [2.75, 3.05) is 25.5 Å². The number of hydrogen-bond donors (Lipinski definition) is 4. The largest absolute Gasteiger partial charge is 0.508 e. The number of aromatic hydroxyl groups is 1. The monoisotopic (exact) mass is 658 g/mol.